The second-order valence-electron chi connectivity index (χ2n) is 20.6. The molecule has 3 amide bonds. The van der Waals surface area contributed by atoms with Gasteiger partial charge in [0.15, 0.2) is 5.75 Å². The molecule has 75 heavy (non-hydrogen) atoms. The van der Waals surface area contributed by atoms with E-state index >= 15 is 0 Å². The molecule has 0 saturated carbocycles. The largest absolute Gasteiger partial charge is 0.491 e. The van der Waals surface area contributed by atoms with Gasteiger partial charge in [0, 0.05) is 49.5 Å². The van der Waals surface area contributed by atoms with Crippen molar-refractivity contribution in [3.8, 4) is 28.0 Å². The van der Waals surface area contributed by atoms with E-state index < -0.39 is 56.9 Å². The number of nitriles is 1. The zero-order valence-corrected chi connectivity index (χ0v) is 46.4. The second-order valence-corrected chi connectivity index (χ2v) is 23.6. The zero-order chi connectivity index (χ0) is 54.7. The summed E-state index contributed by atoms with van der Waals surface area (Å²) in [6, 6.07) is 19.0. The molecule has 5 aromatic rings. The van der Waals surface area contributed by atoms with Crippen molar-refractivity contribution in [1.29, 1.82) is 5.26 Å². The number of benzene rings is 3. The SMILES string of the molecule is Cc1ncsc1-c1ccc([C@H](CN(C)C)NC(=O)C2CC(O)CN2C(=O)[C@@H](NC(=O)COCCCCCOc2c(Cl)cc(C(C)(C)c3ccc(OCc4cnc(NS(C)(=O)=O)nc4)cc3)cc2C#N)C(C)(C)C)cc1. The van der Waals surface area contributed by atoms with E-state index in [-0.39, 0.29) is 44.6 Å². The van der Waals surface area contributed by atoms with Gasteiger partial charge < -0.3 is 39.8 Å². The Morgan fingerprint density at radius 3 is 2.24 bits per heavy atom. The number of likely N-dealkylation sites (tertiary alicyclic amines) is 1. The first-order chi connectivity index (χ1) is 35.4. The van der Waals surface area contributed by atoms with Crippen LogP contribution in [0.1, 0.15) is 99.9 Å². The number of hydrogen-bond donors (Lipinski definition) is 4. The highest BCUT2D eigenvalue weighted by Gasteiger charge is 2.45. The Bertz CT molecular complexity index is 2910. The summed E-state index contributed by atoms with van der Waals surface area (Å²) in [4.78, 5) is 58.4. The molecule has 0 bridgehead atoms. The number of rotatable bonds is 24. The van der Waals surface area contributed by atoms with Gasteiger partial charge in [-0.2, -0.15) is 5.26 Å². The second kappa shape index (κ2) is 25.6. The fourth-order valence-corrected chi connectivity index (χ4v) is 10.1. The molecule has 0 aliphatic carbocycles. The van der Waals surface area contributed by atoms with Crippen molar-refractivity contribution in [2.45, 2.75) is 103 Å². The Kier molecular flexibility index (Phi) is 19.8. The van der Waals surface area contributed by atoms with Crippen LogP contribution >= 0.6 is 22.9 Å². The lowest BCUT2D eigenvalue weighted by molar-refractivity contribution is -0.144. The minimum atomic E-state index is -3.49. The standard InChI is InChI=1S/C54H68ClN9O9S2/c1-34-48(74-33-59-34)37-15-13-36(14-16-37)44(30-63(7)8)60-50(67)45-25-41(65)29-64(45)51(68)49(53(2,3)4)61-46(66)32-71-21-11-10-12-22-72-47-38(26-56)23-40(24-43(47)55)54(5,6)39-17-19-42(20-18-39)73-31-35-27-57-52(58-28-35)62-75(9,69)70/h13-20,23-24,27-28,33,41,44-45,49,65H,10-12,21-22,25,29-32H2,1-9H3,(H,60,67)(H,61,66)(H,57,58,62)/t41?,44-,45?,49+/m0/s1. The average molecular weight is 1090 g/mol. The van der Waals surface area contributed by atoms with Gasteiger partial charge in [0.1, 0.15) is 37.1 Å². The summed E-state index contributed by atoms with van der Waals surface area (Å²) in [5.74, 6) is -0.445. The van der Waals surface area contributed by atoms with Gasteiger partial charge in [-0.15, -0.1) is 11.3 Å². The maximum Gasteiger partial charge on any atom is 0.246 e. The Balaban J connectivity index is 0.945. The first kappa shape index (κ1) is 58.1. The van der Waals surface area contributed by atoms with Gasteiger partial charge >= 0.3 is 0 Å². The number of anilines is 1. The van der Waals surface area contributed by atoms with Gasteiger partial charge in [-0.25, -0.2) is 23.4 Å². The summed E-state index contributed by atoms with van der Waals surface area (Å²) >= 11 is 8.32. The highest BCUT2D eigenvalue weighted by Crippen LogP contribution is 2.39. The molecular formula is C54H68ClN9O9S2. The van der Waals surface area contributed by atoms with Crippen LogP contribution in [-0.4, -0.2) is 127 Å². The summed E-state index contributed by atoms with van der Waals surface area (Å²) in [7, 11) is 0.352. The first-order valence-corrected chi connectivity index (χ1v) is 27.8. The number of aryl methyl sites for hydroxylation is 1. The van der Waals surface area contributed by atoms with Crippen LogP contribution in [0, 0.1) is 23.7 Å². The molecule has 2 aromatic heterocycles. The van der Waals surface area contributed by atoms with Crippen molar-refractivity contribution in [2.75, 3.05) is 58.0 Å². The fourth-order valence-electron chi connectivity index (χ4n) is 8.59. The number of aromatic nitrogens is 3. The number of carbonyl (C=O) groups excluding carboxylic acids is 3. The van der Waals surface area contributed by atoms with E-state index in [1.54, 1.807) is 23.5 Å². The van der Waals surface area contributed by atoms with E-state index in [2.05, 4.69) is 36.4 Å². The van der Waals surface area contributed by atoms with Crippen LogP contribution in [0.2, 0.25) is 5.02 Å². The fraction of sp³-hybridized carbons (Fsp3) is 0.463. The van der Waals surface area contributed by atoms with Crippen molar-refractivity contribution >= 4 is 56.6 Å². The van der Waals surface area contributed by atoms with Gasteiger partial charge in [-0.05, 0) is 92.2 Å². The zero-order valence-electron chi connectivity index (χ0n) is 44.0. The number of nitrogens with zero attached hydrogens (tertiary/aromatic N) is 6. The molecule has 1 aliphatic rings. The van der Waals surface area contributed by atoms with Crippen LogP contribution < -0.4 is 24.8 Å². The molecule has 21 heteroatoms. The summed E-state index contributed by atoms with van der Waals surface area (Å²) in [6.07, 6.45) is 5.09. The van der Waals surface area contributed by atoms with Gasteiger partial charge in [-0.3, -0.25) is 19.1 Å². The van der Waals surface area contributed by atoms with Crippen molar-refractivity contribution in [3.63, 3.8) is 0 Å². The molecule has 3 aromatic carbocycles. The highest BCUT2D eigenvalue weighted by atomic mass is 35.5. The molecule has 4 atom stereocenters. The number of ether oxygens (including phenoxy) is 3. The lowest BCUT2D eigenvalue weighted by Crippen LogP contribution is -2.58. The van der Waals surface area contributed by atoms with Crippen molar-refractivity contribution in [1.82, 2.24) is 35.4 Å². The van der Waals surface area contributed by atoms with Crippen LogP contribution in [0.5, 0.6) is 11.5 Å². The molecule has 0 radical (unpaired) electrons. The topological polar surface area (TPSA) is 238 Å². The monoisotopic (exact) mass is 1090 g/mol. The number of thiazole rings is 1. The normalized spacial score (nSPS) is 15.7. The number of β-amino-alcohol motifs (C(OH)–C–C–N with tert-alkyl or cyclic N) is 1. The Morgan fingerprint density at radius 1 is 0.947 bits per heavy atom. The smallest absolute Gasteiger partial charge is 0.246 e. The summed E-state index contributed by atoms with van der Waals surface area (Å²) in [5.41, 5.74) is 6.14. The predicted molar refractivity (Wildman–Crippen MR) is 289 cm³/mol. The Labute approximate surface area is 449 Å². The maximum absolute atomic E-state index is 14.3. The number of sulfonamides is 1. The molecule has 3 heterocycles. The van der Waals surface area contributed by atoms with E-state index in [0.29, 0.717) is 60.1 Å². The van der Waals surface area contributed by atoms with Gasteiger partial charge in [0.05, 0.1) is 51.7 Å². The van der Waals surface area contributed by atoms with Crippen LogP contribution in [-0.2, 0) is 41.2 Å². The molecule has 1 fully saturated rings. The van der Waals surface area contributed by atoms with Gasteiger partial charge in [0.2, 0.25) is 33.7 Å². The van der Waals surface area contributed by atoms with Crippen molar-refractivity contribution < 1.29 is 42.1 Å². The van der Waals surface area contributed by atoms with Crippen LogP contribution in [0.15, 0.2) is 78.6 Å². The van der Waals surface area contributed by atoms with Crippen LogP contribution in [0.3, 0.4) is 0 Å². The number of amides is 3. The summed E-state index contributed by atoms with van der Waals surface area (Å²) in [6.45, 7) is 12.4. The van der Waals surface area contributed by atoms with E-state index in [4.69, 9.17) is 25.8 Å². The van der Waals surface area contributed by atoms with E-state index in [0.717, 1.165) is 39.1 Å². The highest BCUT2D eigenvalue weighted by molar-refractivity contribution is 7.92. The Morgan fingerprint density at radius 2 is 1.63 bits per heavy atom. The summed E-state index contributed by atoms with van der Waals surface area (Å²) in [5, 5.41) is 27.2. The third kappa shape index (κ3) is 16.1. The summed E-state index contributed by atoms with van der Waals surface area (Å²) < 4.78 is 42.7. The average Bonchev–Trinajstić information content (AvgIpc) is 3.97. The molecular weight excluding hydrogens is 1020 g/mol. The molecule has 4 N–H and O–H groups in total. The third-order valence-corrected chi connectivity index (χ3v) is 14.5. The maximum atomic E-state index is 14.3. The molecule has 1 saturated heterocycles. The molecule has 402 valence electrons. The number of aliphatic hydroxyl groups is 1. The lowest BCUT2D eigenvalue weighted by atomic mass is 9.77. The molecule has 18 nitrogen and oxygen atoms in total. The number of nitrogens with one attached hydrogen (secondary N) is 3. The minimum Gasteiger partial charge on any atom is -0.491 e. The number of unbranched alkanes of at least 4 members (excludes halogenated alkanes) is 2. The van der Waals surface area contributed by atoms with E-state index in [9.17, 15) is 33.2 Å². The van der Waals surface area contributed by atoms with Crippen molar-refractivity contribution in [2.24, 2.45) is 5.41 Å². The quantitative estimate of drug-likeness (QED) is 0.0448. The van der Waals surface area contributed by atoms with Gasteiger partial charge in [-0.1, -0.05) is 82.6 Å². The minimum absolute atomic E-state index is 0.0244. The number of hydrogen-bond acceptors (Lipinski definition) is 15. The number of halogens is 1. The van der Waals surface area contributed by atoms with Crippen LogP contribution in [0.4, 0.5) is 5.95 Å². The number of likely N-dealkylation sites (N-methyl/N-ethyl adjacent to an activating group) is 1. The Hall–Kier alpha value is -6.21. The molecule has 1 aliphatic heterocycles. The van der Waals surface area contributed by atoms with E-state index in [1.165, 1.54) is 17.3 Å². The number of aliphatic hydroxyl groups excluding tert-OH is 1. The van der Waals surface area contributed by atoms with Gasteiger partial charge in [0.25, 0.3) is 0 Å². The first-order valence-electron chi connectivity index (χ1n) is 24.6. The molecule has 6 rings (SSSR count). The number of carbonyl (C=O) groups is 3. The predicted octanol–water partition coefficient (Wildman–Crippen LogP) is 7.19. The lowest BCUT2D eigenvalue weighted by Gasteiger charge is -2.35. The molecule has 0 spiro atoms. The third-order valence-electron chi connectivity index (χ3n) is 12.7. The van der Waals surface area contributed by atoms with E-state index in [1.807, 2.05) is 115 Å². The van der Waals surface area contributed by atoms with Crippen molar-refractivity contribution in [3.05, 3.63) is 117 Å². The molecule has 2 unspecified atom stereocenters. The van der Waals surface area contributed by atoms with Crippen LogP contribution in [0.25, 0.3) is 10.4 Å².